The standard InChI is InChI=1S/C21H28N6OS2/c1-27(2)13-28-12-18-25-20-17(29-18)9-8-14-11-23-21(26-19(14)20)24-15-6-5-7-16(10-15)30(3,4)22/h5-7,10-11H,8-9,12-13,22H2,1-4H3,(H,23,24,26). The molecule has 30 heavy (non-hydrogen) atoms. The van der Waals surface area contributed by atoms with Crippen LogP contribution in [0.5, 0.6) is 0 Å². The minimum absolute atomic E-state index is 0.519. The van der Waals surface area contributed by atoms with Crippen LogP contribution in [0.2, 0.25) is 0 Å². The number of thiazole rings is 1. The zero-order valence-corrected chi connectivity index (χ0v) is 19.4. The number of aromatic nitrogens is 3. The highest BCUT2D eigenvalue weighted by Crippen LogP contribution is 2.42. The summed E-state index contributed by atoms with van der Waals surface area (Å²) >= 11 is 1.72. The van der Waals surface area contributed by atoms with E-state index in [9.17, 15) is 0 Å². The summed E-state index contributed by atoms with van der Waals surface area (Å²) < 4.78 is 5.71. The second-order valence-corrected chi connectivity index (χ2v) is 12.5. The molecule has 1 aliphatic rings. The predicted molar refractivity (Wildman–Crippen MR) is 126 cm³/mol. The summed E-state index contributed by atoms with van der Waals surface area (Å²) in [6, 6.07) is 8.16. The SMILES string of the molecule is CN(C)COCc1nc2c(s1)CCc1cnc(Nc3cccc(S(C)(C)N)c3)nc1-2. The lowest BCUT2D eigenvalue weighted by atomic mass is 10.00. The molecule has 3 N–H and O–H groups in total. The Morgan fingerprint density at radius 1 is 1.20 bits per heavy atom. The first-order chi connectivity index (χ1) is 14.3. The molecule has 0 radical (unpaired) electrons. The van der Waals surface area contributed by atoms with Gasteiger partial charge in [0.25, 0.3) is 0 Å². The van der Waals surface area contributed by atoms with Crippen molar-refractivity contribution in [3.05, 3.63) is 45.9 Å². The number of ether oxygens (including phenoxy) is 1. The van der Waals surface area contributed by atoms with Crippen molar-refractivity contribution in [2.24, 2.45) is 5.14 Å². The van der Waals surface area contributed by atoms with Crippen molar-refractivity contribution < 1.29 is 4.74 Å². The molecule has 0 saturated carbocycles. The highest BCUT2D eigenvalue weighted by Gasteiger charge is 2.23. The molecule has 0 aliphatic heterocycles. The van der Waals surface area contributed by atoms with Crippen LogP contribution in [-0.4, -0.2) is 53.2 Å². The number of fused-ring (bicyclic) bond motifs is 3. The Balaban J connectivity index is 1.57. The van der Waals surface area contributed by atoms with Gasteiger partial charge in [-0.05, 0) is 63.2 Å². The molecular weight excluding hydrogens is 416 g/mol. The second kappa shape index (κ2) is 8.60. The molecule has 2 heterocycles. The Labute approximate surface area is 183 Å². The van der Waals surface area contributed by atoms with E-state index in [1.807, 2.05) is 37.3 Å². The van der Waals surface area contributed by atoms with E-state index in [1.165, 1.54) is 4.88 Å². The molecule has 0 amide bonds. The van der Waals surface area contributed by atoms with Gasteiger partial charge in [-0.15, -0.1) is 11.3 Å². The summed E-state index contributed by atoms with van der Waals surface area (Å²) in [5.41, 5.74) is 3.96. The predicted octanol–water partition coefficient (Wildman–Crippen LogP) is 3.77. The Morgan fingerprint density at radius 3 is 2.80 bits per heavy atom. The van der Waals surface area contributed by atoms with Crippen molar-refractivity contribution in [2.75, 3.05) is 38.7 Å². The van der Waals surface area contributed by atoms with Gasteiger partial charge in [-0.25, -0.2) is 15.0 Å². The van der Waals surface area contributed by atoms with Gasteiger partial charge in [-0.3, -0.25) is 10.0 Å². The molecular formula is C21H28N6OS2. The first-order valence-corrected chi connectivity index (χ1v) is 13.1. The lowest BCUT2D eigenvalue weighted by molar-refractivity contribution is 0.0450. The van der Waals surface area contributed by atoms with E-state index in [0.717, 1.165) is 45.4 Å². The van der Waals surface area contributed by atoms with Crippen LogP contribution >= 0.6 is 21.6 Å². The van der Waals surface area contributed by atoms with Crippen molar-refractivity contribution in [1.82, 2.24) is 19.9 Å². The van der Waals surface area contributed by atoms with Gasteiger partial charge in [0.2, 0.25) is 5.95 Å². The van der Waals surface area contributed by atoms with E-state index in [0.29, 0.717) is 19.3 Å². The van der Waals surface area contributed by atoms with Crippen molar-refractivity contribution in [2.45, 2.75) is 24.3 Å². The molecule has 3 aromatic rings. The number of benzene rings is 1. The van der Waals surface area contributed by atoms with Gasteiger partial charge >= 0.3 is 0 Å². The van der Waals surface area contributed by atoms with Gasteiger partial charge in [-0.2, -0.15) is 10.2 Å². The van der Waals surface area contributed by atoms with Crippen LogP contribution in [0.25, 0.3) is 11.4 Å². The third-order valence-corrected chi connectivity index (χ3v) is 7.28. The van der Waals surface area contributed by atoms with Gasteiger partial charge < -0.3 is 10.1 Å². The quantitative estimate of drug-likeness (QED) is 0.536. The zero-order valence-electron chi connectivity index (χ0n) is 17.8. The maximum Gasteiger partial charge on any atom is 0.227 e. The fraction of sp³-hybridized carbons (Fsp3) is 0.381. The van der Waals surface area contributed by atoms with Crippen LogP contribution < -0.4 is 10.5 Å². The Kier molecular flexibility index (Phi) is 6.08. The highest BCUT2D eigenvalue weighted by molar-refractivity contribution is 8.30. The average molecular weight is 445 g/mol. The average Bonchev–Trinajstić information content (AvgIpc) is 3.11. The Hall–Kier alpha value is -2.04. The molecule has 4 rings (SSSR count). The number of nitrogens with zero attached hydrogens (tertiary/aromatic N) is 4. The molecule has 9 heteroatoms. The number of anilines is 2. The van der Waals surface area contributed by atoms with E-state index in [2.05, 4.69) is 34.9 Å². The van der Waals surface area contributed by atoms with E-state index >= 15 is 0 Å². The van der Waals surface area contributed by atoms with Crippen molar-refractivity contribution in [1.29, 1.82) is 0 Å². The topological polar surface area (TPSA) is 89.2 Å². The summed E-state index contributed by atoms with van der Waals surface area (Å²) in [7, 11) is 2.69. The number of rotatable bonds is 7. The minimum atomic E-state index is -1.29. The molecule has 7 nitrogen and oxygen atoms in total. The third kappa shape index (κ3) is 4.81. The molecule has 0 fully saturated rings. The smallest absolute Gasteiger partial charge is 0.227 e. The van der Waals surface area contributed by atoms with Crippen molar-refractivity contribution in [3.8, 4) is 11.4 Å². The van der Waals surface area contributed by atoms with Gasteiger partial charge in [-0.1, -0.05) is 6.07 Å². The molecule has 1 aliphatic carbocycles. The second-order valence-electron chi connectivity index (χ2n) is 8.06. The lowest BCUT2D eigenvalue weighted by Crippen LogP contribution is -2.15. The number of nitrogens with two attached hydrogens (primary N) is 1. The Morgan fingerprint density at radius 2 is 2.03 bits per heavy atom. The number of aryl methyl sites for hydroxylation is 2. The molecule has 0 bridgehead atoms. The summed E-state index contributed by atoms with van der Waals surface area (Å²) in [6.07, 6.45) is 7.97. The van der Waals surface area contributed by atoms with Crippen molar-refractivity contribution in [3.63, 3.8) is 0 Å². The minimum Gasteiger partial charge on any atom is -0.359 e. The van der Waals surface area contributed by atoms with E-state index < -0.39 is 10.2 Å². The molecule has 0 spiro atoms. The molecule has 1 aromatic carbocycles. The fourth-order valence-corrected chi connectivity index (χ4v) is 5.13. The van der Waals surface area contributed by atoms with Crippen LogP contribution in [0.15, 0.2) is 35.4 Å². The summed E-state index contributed by atoms with van der Waals surface area (Å²) in [4.78, 5) is 18.6. The molecule has 2 aromatic heterocycles. The van der Waals surface area contributed by atoms with Crippen LogP contribution in [0.4, 0.5) is 11.6 Å². The maximum atomic E-state index is 6.32. The first kappa shape index (κ1) is 21.2. The normalized spacial score (nSPS) is 13.8. The summed E-state index contributed by atoms with van der Waals surface area (Å²) in [5.74, 6) is 0.571. The number of hydrogen-bond donors (Lipinski definition) is 2. The van der Waals surface area contributed by atoms with Crippen LogP contribution in [0.3, 0.4) is 0 Å². The first-order valence-electron chi connectivity index (χ1n) is 9.75. The summed E-state index contributed by atoms with van der Waals surface area (Å²) in [6.45, 7) is 1.10. The zero-order chi connectivity index (χ0) is 21.3. The van der Waals surface area contributed by atoms with Gasteiger partial charge in [0, 0.05) is 21.7 Å². The van der Waals surface area contributed by atoms with E-state index in [4.69, 9.17) is 19.8 Å². The van der Waals surface area contributed by atoms with Crippen molar-refractivity contribution >= 4 is 33.2 Å². The third-order valence-electron chi connectivity index (χ3n) is 4.72. The molecule has 160 valence electrons. The van der Waals surface area contributed by atoms with Crippen LogP contribution in [-0.2, 0) is 24.2 Å². The lowest BCUT2D eigenvalue weighted by Gasteiger charge is -2.26. The largest absolute Gasteiger partial charge is 0.359 e. The molecule has 0 saturated heterocycles. The molecule has 0 unspecified atom stereocenters. The Bertz CT molecular complexity index is 1040. The van der Waals surface area contributed by atoms with Crippen LogP contribution in [0, 0.1) is 0 Å². The van der Waals surface area contributed by atoms with E-state index in [1.54, 1.807) is 11.3 Å². The number of hydrogen-bond acceptors (Lipinski definition) is 8. The number of nitrogens with one attached hydrogen (secondary N) is 1. The van der Waals surface area contributed by atoms with Crippen LogP contribution in [0.1, 0.15) is 15.4 Å². The van der Waals surface area contributed by atoms with Gasteiger partial charge in [0.15, 0.2) is 0 Å². The summed E-state index contributed by atoms with van der Waals surface area (Å²) in [5, 5.41) is 10.6. The van der Waals surface area contributed by atoms with Gasteiger partial charge in [0.1, 0.15) is 17.3 Å². The maximum absolute atomic E-state index is 6.32. The van der Waals surface area contributed by atoms with E-state index in [-0.39, 0.29) is 0 Å². The highest BCUT2D eigenvalue weighted by atomic mass is 32.3. The fourth-order valence-electron chi connectivity index (χ4n) is 3.27. The van der Waals surface area contributed by atoms with Gasteiger partial charge in [0.05, 0.1) is 12.4 Å². The molecule has 0 atom stereocenters. The monoisotopic (exact) mass is 444 g/mol.